The highest BCUT2D eigenvalue weighted by Crippen LogP contribution is 2.15. The molecule has 0 spiro atoms. The SMILES string of the molecule is CC(CNC(=O)c1cccc(-c2ncn[nH]2)c1)Nc1ccccc1. The molecule has 1 aromatic heterocycles. The second-order valence-corrected chi connectivity index (χ2v) is 5.54. The molecule has 0 radical (unpaired) electrons. The van der Waals surface area contributed by atoms with Crippen LogP contribution in [0.4, 0.5) is 5.69 Å². The minimum atomic E-state index is -0.113. The third kappa shape index (κ3) is 3.98. The average molecular weight is 321 g/mol. The van der Waals surface area contributed by atoms with E-state index in [1.54, 1.807) is 12.1 Å². The molecule has 2 aromatic carbocycles. The van der Waals surface area contributed by atoms with Crippen molar-refractivity contribution in [2.24, 2.45) is 0 Å². The number of rotatable bonds is 6. The standard InChI is InChI=1S/C18H19N5O/c1-13(22-16-8-3-2-4-9-16)11-19-18(24)15-7-5-6-14(10-15)17-20-12-21-23-17/h2-10,12-13,22H,11H2,1H3,(H,19,24)(H,20,21,23). The van der Waals surface area contributed by atoms with Crippen LogP contribution in [0, 0.1) is 0 Å². The largest absolute Gasteiger partial charge is 0.381 e. The lowest BCUT2D eigenvalue weighted by Gasteiger charge is -2.16. The predicted octanol–water partition coefficient (Wildman–Crippen LogP) is 2.70. The number of aromatic amines is 1. The lowest BCUT2D eigenvalue weighted by molar-refractivity contribution is 0.0952. The molecule has 1 atom stereocenters. The Morgan fingerprint density at radius 3 is 2.75 bits per heavy atom. The van der Waals surface area contributed by atoms with E-state index >= 15 is 0 Å². The molecule has 0 saturated carbocycles. The van der Waals surface area contributed by atoms with Crippen molar-refractivity contribution in [1.29, 1.82) is 0 Å². The number of hydrogen-bond donors (Lipinski definition) is 3. The van der Waals surface area contributed by atoms with Crippen LogP contribution in [0.25, 0.3) is 11.4 Å². The van der Waals surface area contributed by atoms with Gasteiger partial charge in [-0.15, -0.1) is 0 Å². The van der Waals surface area contributed by atoms with E-state index in [9.17, 15) is 4.79 Å². The quantitative estimate of drug-likeness (QED) is 0.652. The van der Waals surface area contributed by atoms with Crippen LogP contribution in [0.2, 0.25) is 0 Å². The highest BCUT2D eigenvalue weighted by atomic mass is 16.1. The highest BCUT2D eigenvalue weighted by molar-refractivity contribution is 5.95. The van der Waals surface area contributed by atoms with E-state index in [1.165, 1.54) is 6.33 Å². The molecule has 1 heterocycles. The second-order valence-electron chi connectivity index (χ2n) is 5.54. The number of para-hydroxylation sites is 1. The first-order valence-corrected chi connectivity index (χ1v) is 7.78. The molecule has 0 saturated heterocycles. The smallest absolute Gasteiger partial charge is 0.251 e. The minimum Gasteiger partial charge on any atom is -0.381 e. The van der Waals surface area contributed by atoms with E-state index in [0.29, 0.717) is 17.9 Å². The molecule has 0 aliphatic rings. The first-order valence-electron chi connectivity index (χ1n) is 7.78. The van der Waals surface area contributed by atoms with Gasteiger partial charge in [0, 0.05) is 29.4 Å². The van der Waals surface area contributed by atoms with Crippen LogP contribution >= 0.6 is 0 Å². The fourth-order valence-corrected chi connectivity index (χ4v) is 2.37. The molecular weight excluding hydrogens is 302 g/mol. The summed E-state index contributed by atoms with van der Waals surface area (Å²) in [5.41, 5.74) is 2.46. The first kappa shape index (κ1) is 15.7. The van der Waals surface area contributed by atoms with Crippen LogP contribution in [0.1, 0.15) is 17.3 Å². The molecule has 6 heteroatoms. The fraction of sp³-hybridized carbons (Fsp3) is 0.167. The van der Waals surface area contributed by atoms with E-state index in [1.807, 2.05) is 49.4 Å². The molecule has 0 aliphatic heterocycles. The Morgan fingerprint density at radius 1 is 1.17 bits per heavy atom. The van der Waals surface area contributed by atoms with Crippen LogP contribution in [-0.2, 0) is 0 Å². The zero-order valence-electron chi connectivity index (χ0n) is 13.4. The Morgan fingerprint density at radius 2 is 2.00 bits per heavy atom. The van der Waals surface area contributed by atoms with E-state index < -0.39 is 0 Å². The van der Waals surface area contributed by atoms with Gasteiger partial charge in [-0.25, -0.2) is 4.98 Å². The average Bonchev–Trinajstić information content (AvgIpc) is 3.15. The van der Waals surface area contributed by atoms with Gasteiger partial charge < -0.3 is 10.6 Å². The topological polar surface area (TPSA) is 82.7 Å². The van der Waals surface area contributed by atoms with Crippen LogP contribution in [0.5, 0.6) is 0 Å². The molecular formula is C18H19N5O. The number of H-pyrrole nitrogens is 1. The van der Waals surface area contributed by atoms with Gasteiger partial charge >= 0.3 is 0 Å². The molecule has 24 heavy (non-hydrogen) atoms. The summed E-state index contributed by atoms with van der Waals surface area (Å²) in [5, 5.41) is 12.9. The van der Waals surface area contributed by atoms with Gasteiger partial charge in [0.25, 0.3) is 5.91 Å². The molecule has 0 bridgehead atoms. The maximum absolute atomic E-state index is 12.3. The number of anilines is 1. The summed E-state index contributed by atoms with van der Waals surface area (Å²) in [7, 11) is 0. The number of carbonyl (C=O) groups excluding carboxylic acids is 1. The van der Waals surface area contributed by atoms with E-state index in [0.717, 1.165) is 11.3 Å². The van der Waals surface area contributed by atoms with Crippen molar-refractivity contribution in [3.63, 3.8) is 0 Å². The minimum absolute atomic E-state index is 0.113. The number of carbonyl (C=O) groups is 1. The number of aromatic nitrogens is 3. The zero-order chi connectivity index (χ0) is 16.8. The summed E-state index contributed by atoms with van der Waals surface area (Å²) < 4.78 is 0. The Bertz CT molecular complexity index is 786. The Kier molecular flexibility index (Phi) is 4.86. The van der Waals surface area contributed by atoms with Crippen molar-refractivity contribution >= 4 is 11.6 Å². The molecule has 3 rings (SSSR count). The third-order valence-corrected chi connectivity index (χ3v) is 3.57. The molecule has 0 fully saturated rings. The summed E-state index contributed by atoms with van der Waals surface area (Å²) in [5.74, 6) is 0.529. The van der Waals surface area contributed by atoms with Crippen LogP contribution in [0.15, 0.2) is 60.9 Å². The molecule has 6 nitrogen and oxygen atoms in total. The number of benzene rings is 2. The van der Waals surface area contributed by atoms with E-state index in [4.69, 9.17) is 0 Å². The van der Waals surface area contributed by atoms with Gasteiger partial charge in [0.2, 0.25) is 0 Å². The molecule has 3 N–H and O–H groups in total. The molecule has 0 aliphatic carbocycles. The lowest BCUT2D eigenvalue weighted by atomic mass is 10.1. The third-order valence-electron chi connectivity index (χ3n) is 3.57. The summed E-state index contributed by atoms with van der Waals surface area (Å²) in [6.07, 6.45) is 1.44. The van der Waals surface area contributed by atoms with Crippen molar-refractivity contribution in [2.75, 3.05) is 11.9 Å². The van der Waals surface area contributed by atoms with Crippen molar-refractivity contribution < 1.29 is 4.79 Å². The maximum Gasteiger partial charge on any atom is 0.251 e. The number of nitrogens with one attached hydrogen (secondary N) is 3. The van der Waals surface area contributed by atoms with Crippen LogP contribution < -0.4 is 10.6 Å². The summed E-state index contributed by atoms with van der Waals surface area (Å²) in [4.78, 5) is 16.4. The molecule has 122 valence electrons. The number of nitrogens with zero attached hydrogens (tertiary/aromatic N) is 2. The monoisotopic (exact) mass is 321 g/mol. The van der Waals surface area contributed by atoms with Gasteiger partial charge in [-0.2, -0.15) is 5.10 Å². The van der Waals surface area contributed by atoms with Gasteiger partial charge in [0.05, 0.1) is 0 Å². The van der Waals surface area contributed by atoms with E-state index in [2.05, 4.69) is 25.8 Å². The number of hydrogen-bond acceptors (Lipinski definition) is 4. The second kappa shape index (κ2) is 7.41. The van der Waals surface area contributed by atoms with Crippen molar-refractivity contribution in [2.45, 2.75) is 13.0 Å². The van der Waals surface area contributed by atoms with Crippen molar-refractivity contribution in [3.8, 4) is 11.4 Å². The molecule has 3 aromatic rings. The van der Waals surface area contributed by atoms with Crippen molar-refractivity contribution in [1.82, 2.24) is 20.5 Å². The normalized spacial score (nSPS) is 11.7. The number of amides is 1. The Labute approximate surface area is 140 Å². The van der Waals surface area contributed by atoms with Gasteiger partial charge in [0.15, 0.2) is 5.82 Å². The Balaban J connectivity index is 1.58. The van der Waals surface area contributed by atoms with Gasteiger partial charge in [-0.05, 0) is 31.2 Å². The fourth-order valence-electron chi connectivity index (χ4n) is 2.37. The summed E-state index contributed by atoms with van der Waals surface area (Å²) >= 11 is 0. The summed E-state index contributed by atoms with van der Waals surface area (Å²) in [6.45, 7) is 2.55. The van der Waals surface area contributed by atoms with Gasteiger partial charge in [0.1, 0.15) is 6.33 Å². The van der Waals surface area contributed by atoms with Crippen LogP contribution in [0.3, 0.4) is 0 Å². The Hall–Kier alpha value is -3.15. The van der Waals surface area contributed by atoms with Crippen LogP contribution in [-0.4, -0.2) is 33.7 Å². The molecule has 1 unspecified atom stereocenters. The predicted molar refractivity (Wildman–Crippen MR) is 93.7 cm³/mol. The summed E-state index contributed by atoms with van der Waals surface area (Å²) in [6, 6.07) is 17.3. The van der Waals surface area contributed by atoms with Gasteiger partial charge in [-0.3, -0.25) is 9.89 Å². The van der Waals surface area contributed by atoms with Gasteiger partial charge in [-0.1, -0.05) is 30.3 Å². The van der Waals surface area contributed by atoms with Crippen molar-refractivity contribution in [3.05, 3.63) is 66.5 Å². The van der Waals surface area contributed by atoms with E-state index in [-0.39, 0.29) is 11.9 Å². The highest BCUT2D eigenvalue weighted by Gasteiger charge is 2.10. The lowest BCUT2D eigenvalue weighted by Crippen LogP contribution is -2.34. The first-order chi connectivity index (χ1) is 11.7. The zero-order valence-corrected chi connectivity index (χ0v) is 13.4. The molecule has 1 amide bonds. The maximum atomic E-state index is 12.3.